The summed E-state index contributed by atoms with van der Waals surface area (Å²) in [4.78, 5) is 0. The minimum atomic E-state index is -4.33. The summed E-state index contributed by atoms with van der Waals surface area (Å²) in [5.41, 5.74) is 7.70. The zero-order valence-corrected chi connectivity index (χ0v) is 10.1. The van der Waals surface area contributed by atoms with Crippen molar-refractivity contribution in [3.63, 3.8) is 0 Å². The first-order valence-electron chi connectivity index (χ1n) is 5.30. The summed E-state index contributed by atoms with van der Waals surface area (Å²) in [5.74, 6) is 0.310. The fourth-order valence-corrected chi connectivity index (χ4v) is 1.45. The van der Waals surface area contributed by atoms with Gasteiger partial charge >= 0.3 is 6.18 Å². The first-order chi connectivity index (χ1) is 7.70. The summed E-state index contributed by atoms with van der Waals surface area (Å²) in [6, 6.07) is 3.22. The van der Waals surface area contributed by atoms with Gasteiger partial charge in [-0.3, -0.25) is 0 Å². The van der Waals surface area contributed by atoms with Gasteiger partial charge in [0.1, 0.15) is 5.75 Å². The van der Waals surface area contributed by atoms with Gasteiger partial charge in [-0.1, -0.05) is 13.8 Å². The lowest BCUT2D eigenvalue weighted by Gasteiger charge is -2.17. The van der Waals surface area contributed by atoms with E-state index in [9.17, 15) is 13.2 Å². The van der Waals surface area contributed by atoms with Crippen LogP contribution in [0.3, 0.4) is 0 Å². The van der Waals surface area contributed by atoms with Gasteiger partial charge in [-0.15, -0.1) is 0 Å². The Morgan fingerprint density at radius 2 is 1.88 bits per heavy atom. The van der Waals surface area contributed by atoms with Crippen LogP contribution in [0.4, 0.5) is 18.9 Å². The van der Waals surface area contributed by atoms with Crippen molar-refractivity contribution >= 4 is 5.69 Å². The third-order valence-corrected chi connectivity index (χ3v) is 2.41. The Kier molecular flexibility index (Phi) is 3.91. The molecule has 5 heteroatoms. The molecule has 1 aromatic carbocycles. The standard InChI is InChI=1S/C12H16F3NO/c1-7(2)9-5-10(16)8(3)4-11(9)17-6-12(13,14)15/h4-5,7H,6,16H2,1-3H3. The molecule has 0 atom stereocenters. The SMILES string of the molecule is Cc1cc(OCC(F)(F)F)c(C(C)C)cc1N. The predicted octanol–water partition coefficient (Wildman–Crippen LogP) is 3.64. The summed E-state index contributed by atoms with van der Waals surface area (Å²) in [5, 5.41) is 0. The minimum Gasteiger partial charge on any atom is -0.484 e. The zero-order valence-electron chi connectivity index (χ0n) is 10.1. The highest BCUT2D eigenvalue weighted by molar-refractivity contribution is 5.55. The van der Waals surface area contributed by atoms with Crippen molar-refractivity contribution < 1.29 is 17.9 Å². The van der Waals surface area contributed by atoms with Gasteiger partial charge in [0.15, 0.2) is 6.61 Å². The largest absolute Gasteiger partial charge is 0.484 e. The molecule has 0 amide bonds. The smallest absolute Gasteiger partial charge is 0.422 e. The van der Waals surface area contributed by atoms with Gasteiger partial charge in [-0.05, 0) is 36.1 Å². The number of rotatable bonds is 3. The van der Waals surface area contributed by atoms with E-state index in [0.29, 0.717) is 16.8 Å². The van der Waals surface area contributed by atoms with Crippen LogP contribution in [0.15, 0.2) is 12.1 Å². The summed E-state index contributed by atoms with van der Waals surface area (Å²) >= 11 is 0. The van der Waals surface area contributed by atoms with E-state index in [2.05, 4.69) is 0 Å². The van der Waals surface area contributed by atoms with Crippen molar-refractivity contribution in [2.75, 3.05) is 12.3 Å². The van der Waals surface area contributed by atoms with Gasteiger partial charge in [-0.2, -0.15) is 13.2 Å². The lowest BCUT2D eigenvalue weighted by Crippen LogP contribution is -2.20. The van der Waals surface area contributed by atoms with E-state index >= 15 is 0 Å². The molecule has 0 aliphatic carbocycles. The summed E-state index contributed by atoms with van der Waals surface area (Å²) in [6.07, 6.45) is -4.33. The lowest BCUT2D eigenvalue weighted by atomic mass is 9.99. The van der Waals surface area contributed by atoms with Crippen molar-refractivity contribution in [1.82, 2.24) is 0 Å². The topological polar surface area (TPSA) is 35.2 Å². The van der Waals surface area contributed by atoms with E-state index in [4.69, 9.17) is 10.5 Å². The van der Waals surface area contributed by atoms with E-state index in [1.165, 1.54) is 0 Å². The molecule has 0 aliphatic rings. The molecule has 0 saturated heterocycles. The number of benzene rings is 1. The van der Waals surface area contributed by atoms with Crippen LogP contribution in [0.2, 0.25) is 0 Å². The lowest BCUT2D eigenvalue weighted by molar-refractivity contribution is -0.153. The number of nitrogen functional groups attached to an aromatic ring is 1. The number of nitrogens with two attached hydrogens (primary N) is 1. The van der Waals surface area contributed by atoms with Crippen molar-refractivity contribution in [2.24, 2.45) is 0 Å². The van der Waals surface area contributed by atoms with Gasteiger partial charge in [0.2, 0.25) is 0 Å². The molecule has 0 saturated carbocycles. The molecule has 0 radical (unpaired) electrons. The van der Waals surface area contributed by atoms with Gasteiger partial charge in [0, 0.05) is 5.69 Å². The van der Waals surface area contributed by atoms with E-state index in [1.54, 1.807) is 19.1 Å². The first-order valence-corrected chi connectivity index (χ1v) is 5.30. The maximum absolute atomic E-state index is 12.1. The van der Waals surface area contributed by atoms with Gasteiger partial charge in [0.25, 0.3) is 0 Å². The normalized spacial score (nSPS) is 11.9. The number of hydrogen-bond acceptors (Lipinski definition) is 2. The van der Waals surface area contributed by atoms with Crippen molar-refractivity contribution in [2.45, 2.75) is 32.9 Å². The van der Waals surface area contributed by atoms with E-state index in [1.807, 2.05) is 13.8 Å². The molecule has 17 heavy (non-hydrogen) atoms. The molecule has 1 rings (SSSR count). The maximum Gasteiger partial charge on any atom is 0.422 e. The molecule has 0 aliphatic heterocycles. The van der Waals surface area contributed by atoms with Crippen LogP contribution in [-0.4, -0.2) is 12.8 Å². The Morgan fingerprint density at radius 3 is 2.35 bits per heavy atom. The highest BCUT2D eigenvalue weighted by Crippen LogP contribution is 2.32. The molecule has 0 unspecified atom stereocenters. The van der Waals surface area contributed by atoms with Crippen LogP contribution >= 0.6 is 0 Å². The van der Waals surface area contributed by atoms with E-state index < -0.39 is 12.8 Å². The molecule has 2 N–H and O–H groups in total. The van der Waals surface area contributed by atoms with E-state index in [-0.39, 0.29) is 11.7 Å². The predicted molar refractivity (Wildman–Crippen MR) is 61.2 cm³/mol. The number of aryl methyl sites for hydroxylation is 1. The third kappa shape index (κ3) is 3.84. The van der Waals surface area contributed by atoms with Crippen LogP contribution in [0, 0.1) is 6.92 Å². The van der Waals surface area contributed by atoms with Crippen LogP contribution in [0.25, 0.3) is 0 Å². The van der Waals surface area contributed by atoms with Gasteiger partial charge in [0.05, 0.1) is 0 Å². The molecular weight excluding hydrogens is 231 g/mol. The maximum atomic E-state index is 12.1. The number of anilines is 1. The fraction of sp³-hybridized carbons (Fsp3) is 0.500. The number of ether oxygens (including phenoxy) is 1. The van der Waals surface area contributed by atoms with Crippen LogP contribution in [0.5, 0.6) is 5.75 Å². The number of alkyl halides is 3. The number of halogens is 3. The van der Waals surface area contributed by atoms with E-state index in [0.717, 1.165) is 0 Å². The van der Waals surface area contributed by atoms with Crippen LogP contribution in [0.1, 0.15) is 30.9 Å². The monoisotopic (exact) mass is 247 g/mol. The molecule has 0 heterocycles. The third-order valence-electron chi connectivity index (χ3n) is 2.41. The molecule has 2 nitrogen and oxygen atoms in total. The Morgan fingerprint density at radius 1 is 1.29 bits per heavy atom. The van der Waals surface area contributed by atoms with Crippen molar-refractivity contribution in [3.05, 3.63) is 23.3 Å². The highest BCUT2D eigenvalue weighted by Gasteiger charge is 2.29. The quantitative estimate of drug-likeness (QED) is 0.827. The minimum absolute atomic E-state index is 0.0566. The molecule has 0 fully saturated rings. The second kappa shape index (κ2) is 4.85. The summed E-state index contributed by atoms with van der Waals surface area (Å²) in [6.45, 7) is 4.21. The van der Waals surface area contributed by atoms with Crippen LogP contribution in [-0.2, 0) is 0 Å². The average Bonchev–Trinajstić information content (AvgIpc) is 2.17. The molecular formula is C12H16F3NO. The average molecular weight is 247 g/mol. The Labute approximate surface area is 98.6 Å². The first kappa shape index (κ1) is 13.7. The van der Waals surface area contributed by atoms with Crippen LogP contribution < -0.4 is 10.5 Å². The second-order valence-corrected chi connectivity index (χ2v) is 4.31. The Hall–Kier alpha value is -1.39. The Bertz CT molecular complexity index is 399. The van der Waals surface area contributed by atoms with Crippen molar-refractivity contribution in [3.8, 4) is 5.75 Å². The number of hydrogen-bond donors (Lipinski definition) is 1. The Balaban J connectivity index is 3.00. The summed E-state index contributed by atoms with van der Waals surface area (Å²) < 4.78 is 41.1. The zero-order chi connectivity index (χ0) is 13.2. The summed E-state index contributed by atoms with van der Waals surface area (Å²) in [7, 11) is 0. The molecule has 1 aromatic rings. The molecule has 0 bridgehead atoms. The molecule has 0 aromatic heterocycles. The second-order valence-electron chi connectivity index (χ2n) is 4.31. The van der Waals surface area contributed by atoms with Gasteiger partial charge < -0.3 is 10.5 Å². The van der Waals surface area contributed by atoms with Crippen molar-refractivity contribution in [1.29, 1.82) is 0 Å². The van der Waals surface area contributed by atoms with Gasteiger partial charge in [-0.25, -0.2) is 0 Å². The molecule has 0 spiro atoms. The fourth-order valence-electron chi connectivity index (χ4n) is 1.45. The highest BCUT2D eigenvalue weighted by atomic mass is 19.4. The molecule has 96 valence electrons.